The Hall–Kier alpha value is -2.69. The van der Waals surface area contributed by atoms with Crippen molar-refractivity contribution >= 4 is 17.6 Å². The summed E-state index contributed by atoms with van der Waals surface area (Å²) >= 11 is 0. The third-order valence-electron chi connectivity index (χ3n) is 2.90. The quantitative estimate of drug-likeness (QED) is 0.888. The van der Waals surface area contributed by atoms with Crippen molar-refractivity contribution in [2.75, 3.05) is 5.32 Å². The number of carboxylic acids is 1. The molecule has 0 saturated heterocycles. The first kappa shape index (κ1) is 14.7. The van der Waals surface area contributed by atoms with E-state index in [-0.39, 0.29) is 18.7 Å². The number of hydrogen-bond donors (Lipinski definition) is 2. The Morgan fingerprint density at radius 3 is 2.29 bits per heavy atom. The molecule has 2 rings (SSSR count). The second-order valence-electron chi connectivity index (χ2n) is 4.58. The van der Waals surface area contributed by atoms with Crippen LogP contribution in [-0.2, 0) is 22.4 Å². The Kier molecular flexibility index (Phi) is 4.66. The van der Waals surface area contributed by atoms with Crippen molar-refractivity contribution in [1.29, 1.82) is 0 Å². The standard InChI is InChI=1S/C16H14FNO3/c17-14-4-2-1-3-12(14)10-15(19)18-13-7-5-11(6-8-13)9-16(20)21/h1-8H,9-10H2,(H,18,19)(H,20,21). The summed E-state index contributed by atoms with van der Waals surface area (Å²) in [4.78, 5) is 22.4. The van der Waals surface area contributed by atoms with Crippen molar-refractivity contribution in [1.82, 2.24) is 0 Å². The second kappa shape index (κ2) is 6.65. The number of carbonyl (C=O) groups is 2. The maximum Gasteiger partial charge on any atom is 0.307 e. The summed E-state index contributed by atoms with van der Waals surface area (Å²) < 4.78 is 13.4. The monoisotopic (exact) mass is 287 g/mol. The first-order valence-corrected chi connectivity index (χ1v) is 6.38. The number of carbonyl (C=O) groups excluding carboxylic acids is 1. The van der Waals surface area contributed by atoms with Crippen LogP contribution in [0.1, 0.15) is 11.1 Å². The van der Waals surface area contributed by atoms with Gasteiger partial charge in [-0.05, 0) is 29.3 Å². The molecule has 0 aliphatic carbocycles. The van der Waals surface area contributed by atoms with Crippen LogP contribution in [0, 0.1) is 5.82 Å². The Bertz CT molecular complexity index is 653. The van der Waals surface area contributed by atoms with E-state index in [4.69, 9.17) is 5.11 Å². The lowest BCUT2D eigenvalue weighted by molar-refractivity contribution is -0.136. The number of halogens is 1. The average molecular weight is 287 g/mol. The summed E-state index contributed by atoms with van der Waals surface area (Å²) in [7, 11) is 0. The summed E-state index contributed by atoms with van der Waals surface area (Å²) in [5, 5.41) is 11.3. The minimum Gasteiger partial charge on any atom is -0.481 e. The van der Waals surface area contributed by atoms with Gasteiger partial charge in [-0.2, -0.15) is 0 Å². The molecular formula is C16H14FNO3. The van der Waals surface area contributed by atoms with Gasteiger partial charge in [0, 0.05) is 5.69 Å². The fraction of sp³-hybridized carbons (Fsp3) is 0.125. The van der Waals surface area contributed by atoms with Gasteiger partial charge in [0.05, 0.1) is 12.8 Å². The largest absolute Gasteiger partial charge is 0.481 e. The topological polar surface area (TPSA) is 66.4 Å². The van der Waals surface area contributed by atoms with E-state index in [1.165, 1.54) is 6.07 Å². The molecule has 0 atom stereocenters. The van der Waals surface area contributed by atoms with Gasteiger partial charge in [-0.3, -0.25) is 9.59 Å². The van der Waals surface area contributed by atoms with Gasteiger partial charge < -0.3 is 10.4 Å². The van der Waals surface area contributed by atoms with Crippen molar-refractivity contribution < 1.29 is 19.1 Å². The molecular weight excluding hydrogens is 273 g/mol. The van der Waals surface area contributed by atoms with Crippen LogP contribution in [0.3, 0.4) is 0 Å². The number of aliphatic carboxylic acids is 1. The van der Waals surface area contributed by atoms with E-state index in [0.717, 1.165) is 0 Å². The summed E-state index contributed by atoms with van der Waals surface area (Å²) in [6, 6.07) is 12.6. The predicted molar refractivity (Wildman–Crippen MR) is 76.5 cm³/mol. The minimum atomic E-state index is -0.911. The van der Waals surface area contributed by atoms with Crippen molar-refractivity contribution in [3.8, 4) is 0 Å². The van der Waals surface area contributed by atoms with Crippen LogP contribution in [0.15, 0.2) is 48.5 Å². The number of amides is 1. The van der Waals surface area contributed by atoms with Crippen LogP contribution in [0.4, 0.5) is 10.1 Å². The van der Waals surface area contributed by atoms with E-state index in [1.807, 2.05) is 0 Å². The van der Waals surface area contributed by atoms with Gasteiger partial charge in [-0.1, -0.05) is 30.3 Å². The van der Waals surface area contributed by atoms with Crippen LogP contribution < -0.4 is 5.32 Å². The smallest absolute Gasteiger partial charge is 0.307 e. The molecule has 0 aromatic heterocycles. The molecule has 2 aromatic rings. The minimum absolute atomic E-state index is 0.0520. The molecule has 0 fully saturated rings. The van der Waals surface area contributed by atoms with Gasteiger partial charge >= 0.3 is 5.97 Å². The average Bonchev–Trinajstić information content (AvgIpc) is 2.43. The number of rotatable bonds is 5. The van der Waals surface area contributed by atoms with Crippen LogP contribution in [0.5, 0.6) is 0 Å². The Labute approximate surface area is 121 Å². The fourth-order valence-corrected chi connectivity index (χ4v) is 1.90. The highest BCUT2D eigenvalue weighted by Gasteiger charge is 2.08. The molecule has 2 aromatic carbocycles. The zero-order chi connectivity index (χ0) is 15.2. The van der Waals surface area contributed by atoms with Gasteiger partial charge in [0.15, 0.2) is 0 Å². The first-order valence-electron chi connectivity index (χ1n) is 6.38. The molecule has 0 heterocycles. The summed E-state index contributed by atoms with van der Waals surface area (Å²) in [6.07, 6.45) is -0.118. The van der Waals surface area contributed by atoms with E-state index < -0.39 is 11.8 Å². The Morgan fingerprint density at radius 2 is 1.67 bits per heavy atom. The molecule has 0 saturated carbocycles. The summed E-state index contributed by atoms with van der Waals surface area (Å²) in [6.45, 7) is 0. The fourth-order valence-electron chi connectivity index (χ4n) is 1.90. The molecule has 0 radical (unpaired) electrons. The molecule has 108 valence electrons. The van der Waals surface area contributed by atoms with Crippen LogP contribution in [-0.4, -0.2) is 17.0 Å². The molecule has 2 N–H and O–H groups in total. The summed E-state index contributed by atoms with van der Waals surface area (Å²) in [5.74, 6) is -1.65. The number of nitrogens with one attached hydrogen (secondary N) is 1. The van der Waals surface area contributed by atoms with Gasteiger partial charge in [0.1, 0.15) is 5.82 Å². The number of benzene rings is 2. The van der Waals surface area contributed by atoms with E-state index in [1.54, 1.807) is 42.5 Å². The maximum absolute atomic E-state index is 13.4. The Balaban J connectivity index is 1.96. The molecule has 0 spiro atoms. The van der Waals surface area contributed by atoms with Crippen LogP contribution in [0.25, 0.3) is 0 Å². The zero-order valence-electron chi connectivity index (χ0n) is 11.2. The molecule has 0 aliphatic heterocycles. The summed E-state index contributed by atoms with van der Waals surface area (Å²) in [5.41, 5.74) is 1.53. The highest BCUT2D eigenvalue weighted by atomic mass is 19.1. The molecule has 21 heavy (non-hydrogen) atoms. The molecule has 5 heteroatoms. The van der Waals surface area contributed by atoms with Gasteiger partial charge in [-0.15, -0.1) is 0 Å². The maximum atomic E-state index is 13.4. The lowest BCUT2D eigenvalue weighted by atomic mass is 10.1. The molecule has 0 aliphatic rings. The molecule has 4 nitrogen and oxygen atoms in total. The Morgan fingerprint density at radius 1 is 1.00 bits per heavy atom. The van der Waals surface area contributed by atoms with E-state index >= 15 is 0 Å². The van der Waals surface area contributed by atoms with Crippen LogP contribution >= 0.6 is 0 Å². The van der Waals surface area contributed by atoms with Crippen molar-refractivity contribution in [3.63, 3.8) is 0 Å². The lowest BCUT2D eigenvalue weighted by Crippen LogP contribution is -2.15. The second-order valence-corrected chi connectivity index (χ2v) is 4.58. The van der Waals surface area contributed by atoms with Gasteiger partial charge in [-0.25, -0.2) is 4.39 Å². The third kappa shape index (κ3) is 4.42. The first-order chi connectivity index (χ1) is 10.0. The van der Waals surface area contributed by atoms with E-state index in [9.17, 15) is 14.0 Å². The van der Waals surface area contributed by atoms with E-state index in [2.05, 4.69) is 5.32 Å². The third-order valence-corrected chi connectivity index (χ3v) is 2.90. The number of carboxylic acid groups (broad SMARTS) is 1. The highest BCUT2D eigenvalue weighted by Crippen LogP contribution is 2.12. The van der Waals surface area contributed by atoms with Crippen molar-refractivity contribution in [2.45, 2.75) is 12.8 Å². The van der Waals surface area contributed by atoms with Gasteiger partial charge in [0.2, 0.25) is 5.91 Å². The van der Waals surface area contributed by atoms with Gasteiger partial charge in [0.25, 0.3) is 0 Å². The van der Waals surface area contributed by atoms with Crippen LogP contribution in [0.2, 0.25) is 0 Å². The zero-order valence-corrected chi connectivity index (χ0v) is 11.2. The number of anilines is 1. The predicted octanol–water partition coefficient (Wildman–Crippen LogP) is 2.63. The molecule has 0 unspecified atom stereocenters. The van der Waals surface area contributed by atoms with Crippen molar-refractivity contribution in [2.24, 2.45) is 0 Å². The highest BCUT2D eigenvalue weighted by molar-refractivity contribution is 5.92. The number of hydrogen-bond acceptors (Lipinski definition) is 2. The normalized spacial score (nSPS) is 10.1. The lowest BCUT2D eigenvalue weighted by Gasteiger charge is -2.07. The SMILES string of the molecule is O=C(O)Cc1ccc(NC(=O)Cc2ccccc2F)cc1. The molecule has 0 bridgehead atoms. The molecule has 1 amide bonds. The van der Waals surface area contributed by atoms with E-state index in [0.29, 0.717) is 16.8 Å². The van der Waals surface area contributed by atoms with Crippen molar-refractivity contribution in [3.05, 3.63) is 65.5 Å².